The first-order valence-corrected chi connectivity index (χ1v) is 7.63. The van der Waals surface area contributed by atoms with Crippen LogP contribution in [0.2, 0.25) is 0 Å². The van der Waals surface area contributed by atoms with E-state index in [-0.39, 0.29) is 0 Å². The first kappa shape index (κ1) is 14.6. The third-order valence-electron chi connectivity index (χ3n) is 3.46. The Morgan fingerprint density at radius 3 is 2.45 bits per heavy atom. The van der Waals surface area contributed by atoms with Crippen molar-refractivity contribution in [1.82, 2.24) is 4.98 Å². The van der Waals surface area contributed by atoms with Crippen molar-refractivity contribution >= 4 is 5.69 Å². The van der Waals surface area contributed by atoms with Gasteiger partial charge in [0.25, 0.3) is 0 Å². The molecular formula is C17H24N2O. The molecule has 0 atom stereocenters. The second-order valence-electron chi connectivity index (χ2n) is 5.14. The maximum absolute atomic E-state index is 5.27. The van der Waals surface area contributed by atoms with Gasteiger partial charge in [-0.3, -0.25) is 0 Å². The summed E-state index contributed by atoms with van der Waals surface area (Å²) in [6.07, 6.45) is 11.2. The van der Waals surface area contributed by atoms with E-state index in [0.717, 1.165) is 17.9 Å². The third kappa shape index (κ3) is 4.72. The van der Waals surface area contributed by atoms with Crippen LogP contribution in [-0.2, 0) is 0 Å². The largest absolute Gasteiger partial charge is 0.444 e. The first-order valence-electron chi connectivity index (χ1n) is 7.63. The van der Waals surface area contributed by atoms with Crippen molar-refractivity contribution in [3.8, 4) is 11.3 Å². The number of hydrogen-bond donors (Lipinski definition) is 1. The lowest BCUT2D eigenvalue weighted by molar-refractivity contribution is 0.572. The van der Waals surface area contributed by atoms with E-state index in [1.165, 1.54) is 50.6 Å². The molecule has 1 aromatic carbocycles. The van der Waals surface area contributed by atoms with Crippen molar-refractivity contribution in [2.45, 2.75) is 45.4 Å². The van der Waals surface area contributed by atoms with E-state index in [9.17, 15) is 0 Å². The van der Waals surface area contributed by atoms with Crippen molar-refractivity contribution in [2.24, 2.45) is 0 Å². The molecule has 0 bridgehead atoms. The van der Waals surface area contributed by atoms with Gasteiger partial charge in [0.15, 0.2) is 12.2 Å². The molecule has 0 aliphatic rings. The van der Waals surface area contributed by atoms with Crippen LogP contribution in [0.1, 0.15) is 45.4 Å². The monoisotopic (exact) mass is 272 g/mol. The van der Waals surface area contributed by atoms with E-state index in [1.54, 1.807) is 6.20 Å². The molecule has 0 radical (unpaired) electrons. The van der Waals surface area contributed by atoms with Gasteiger partial charge in [-0.25, -0.2) is 4.98 Å². The van der Waals surface area contributed by atoms with Crippen molar-refractivity contribution in [1.29, 1.82) is 0 Å². The van der Waals surface area contributed by atoms with Gasteiger partial charge in [0.1, 0.15) is 0 Å². The zero-order valence-corrected chi connectivity index (χ0v) is 12.3. The zero-order chi connectivity index (χ0) is 14.0. The van der Waals surface area contributed by atoms with Gasteiger partial charge in [-0.05, 0) is 30.7 Å². The van der Waals surface area contributed by atoms with Gasteiger partial charge in [-0.15, -0.1) is 0 Å². The number of rotatable bonds is 9. The number of unbranched alkanes of at least 4 members (excludes halogenated alkanes) is 5. The average Bonchev–Trinajstić information content (AvgIpc) is 3.01. The quantitative estimate of drug-likeness (QED) is 0.644. The van der Waals surface area contributed by atoms with Crippen LogP contribution in [0.4, 0.5) is 5.69 Å². The maximum Gasteiger partial charge on any atom is 0.181 e. The summed E-state index contributed by atoms with van der Waals surface area (Å²) in [6, 6.07) is 8.30. The van der Waals surface area contributed by atoms with Crippen LogP contribution in [0.3, 0.4) is 0 Å². The SMILES string of the molecule is CCCCCCCCNc1ccc(-c2cnco2)cc1. The zero-order valence-electron chi connectivity index (χ0n) is 12.3. The molecule has 1 aromatic heterocycles. The number of oxazole rings is 1. The van der Waals surface area contributed by atoms with Crippen molar-refractivity contribution in [2.75, 3.05) is 11.9 Å². The van der Waals surface area contributed by atoms with Crippen molar-refractivity contribution in [3.05, 3.63) is 36.9 Å². The fourth-order valence-electron chi connectivity index (χ4n) is 2.25. The molecule has 0 unspecified atom stereocenters. The highest BCUT2D eigenvalue weighted by Crippen LogP contribution is 2.20. The van der Waals surface area contributed by atoms with E-state index in [1.807, 2.05) is 0 Å². The molecule has 0 saturated carbocycles. The smallest absolute Gasteiger partial charge is 0.181 e. The highest BCUT2D eigenvalue weighted by Gasteiger charge is 2.00. The maximum atomic E-state index is 5.27. The number of hydrogen-bond acceptors (Lipinski definition) is 3. The van der Waals surface area contributed by atoms with E-state index < -0.39 is 0 Å². The third-order valence-corrected chi connectivity index (χ3v) is 3.46. The molecule has 0 fully saturated rings. The van der Waals surface area contributed by atoms with Crippen LogP contribution in [0.25, 0.3) is 11.3 Å². The summed E-state index contributed by atoms with van der Waals surface area (Å²) >= 11 is 0. The Bertz CT molecular complexity index is 462. The molecule has 0 aliphatic heterocycles. The molecular weight excluding hydrogens is 248 g/mol. The molecule has 0 spiro atoms. The Balaban J connectivity index is 1.67. The summed E-state index contributed by atoms with van der Waals surface area (Å²) in [6.45, 7) is 3.30. The summed E-state index contributed by atoms with van der Waals surface area (Å²) in [5.74, 6) is 0.812. The van der Waals surface area contributed by atoms with Crippen LogP contribution in [0.5, 0.6) is 0 Å². The lowest BCUT2D eigenvalue weighted by Gasteiger charge is -2.06. The second-order valence-corrected chi connectivity index (χ2v) is 5.14. The van der Waals surface area contributed by atoms with Gasteiger partial charge >= 0.3 is 0 Å². The van der Waals surface area contributed by atoms with E-state index in [2.05, 4.69) is 41.5 Å². The van der Waals surface area contributed by atoms with Gasteiger partial charge in [0.2, 0.25) is 0 Å². The van der Waals surface area contributed by atoms with Gasteiger partial charge in [0.05, 0.1) is 6.20 Å². The topological polar surface area (TPSA) is 38.1 Å². The van der Waals surface area contributed by atoms with Crippen molar-refractivity contribution in [3.63, 3.8) is 0 Å². The minimum absolute atomic E-state index is 0.812. The molecule has 1 N–H and O–H groups in total. The minimum Gasteiger partial charge on any atom is -0.444 e. The number of benzene rings is 1. The standard InChI is InChI=1S/C17H24N2O/c1-2-3-4-5-6-7-12-19-16-10-8-15(9-11-16)17-13-18-14-20-17/h8-11,13-14,19H,2-7,12H2,1H3. The molecule has 0 amide bonds. The summed E-state index contributed by atoms with van der Waals surface area (Å²) in [5, 5.41) is 3.46. The molecule has 0 aliphatic carbocycles. The fourth-order valence-corrected chi connectivity index (χ4v) is 2.25. The minimum atomic E-state index is 0.812. The van der Waals surface area contributed by atoms with Gasteiger partial charge in [-0.1, -0.05) is 39.0 Å². The molecule has 0 saturated heterocycles. The van der Waals surface area contributed by atoms with Crippen LogP contribution in [0, 0.1) is 0 Å². The van der Waals surface area contributed by atoms with Crippen LogP contribution < -0.4 is 5.32 Å². The predicted octanol–water partition coefficient (Wildman–Crippen LogP) is 5.11. The number of aromatic nitrogens is 1. The average molecular weight is 272 g/mol. The Hall–Kier alpha value is -1.77. The predicted molar refractivity (Wildman–Crippen MR) is 83.8 cm³/mol. The van der Waals surface area contributed by atoms with Crippen LogP contribution in [-0.4, -0.2) is 11.5 Å². The van der Waals surface area contributed by atoms with E-state index in [0.29, 0.717) is 0 Å². The molecule has 2 rings (SSSR count). The first-order chi connectivity index (χ1) is 9.90. The fraction of sp³-hybridized carbons (Fsp3) is 0.471. The number of anilines is 1. The van der Waals surface area contributed by atoms with Gasteiger partial charge in [-0.2, -0.15) is 0 Å². The Morgan fingerprint density at radius 1 is 1.00 bits per heavy atom. The van der Waals surface area contributed by atoms with Crippen LogP contribution in [0.15, 0.2) is 41.3 Å². The van der Waals surface area contributed by atoms with Gasteiger partial charge in [0, 0.05) is 17.8 Å². The molecule has 1 heterocycles. The summed E-state index contributed by atoms with van der Waals surface area (Å²) in [7, 11) is 0. The highest BCUT2D eigenvalue weighted by atomic mass is 16.3. The molecule has 108 valence electrons. The highest BCUT2D eigenvalue weighted by molar-refractivity contribution is 5.60. The molecule has 2 aromatic rings. The van der Waals surface area contributed by atoms with Gasteiger partial charge < -0.3 is 9.73 Å². The lowest BCUT2D eigenvalue weighted by atomic mass is 10.1. The second kappa shape index (κ2) is 8.41. The Kier molecular flexibility index (Phi) is 6.15. The number of nitrogens with one attached hydrogen (secondary N) is 1. The summed E-state index contributed by atoms with van der Waals surface area (Å²) < 4.78 is 5.27. The lowest BCUT2D eigenvalue weighted by Crippen LogP contribution is -2.01. The number of nitrogens with zero attached hydrogens (tertiary/aromatic N) is 1. The van der Waals surface area contributed by atoms with Crippen LogP contribution >= 0.6 is 0 Å². The van der Waals surface area contributed by atoms with E-state index >= 15 is 0 Å². The molecule has 3 nitrogen and oxygen atoms in total. The Labute approximate surface area is 121 Å². The summed E-state index contributed by atoms with van der Waals surface area (Å²) in [4.78, 5) is 3.93. The van der Waals surface area contributed by atoms with Crippen molar-refractivity contribution < 1.29 is 4.42 Å². The molecule has 3 heteroatoms. The normalized spacial score (nSPS) is 10.7. The summed E-state index contributed by atoms with van der Waals surface area (Å²) in [5.41, 5.74) is 2.23. The molecule has 20 heavy (non-hydrogen) atoms. The van der Waals surface area contributed by atoms with E-state index in [4.69, 9.17) is 4.42 Å². The Morgan fingerprint density at radius 2 is 1.75 bits per heavy atom.